The molecular formula is C17H21N3O2. The summed E-state index contributed by atoms with van der Waals surface area (Å²) in [6.45, 7) is 3.85. The number of nitrogens with zero attached hydrogens (tertiary/aromatic N) is 2. The van der Waals surface area contributed by atoms with Gasteiger partial charge in [0.05, 0.1) is 12.3 Å². The molecule has 0 saturated carbocycles. The average Bonchev–Trinajstić information content (AvgIpc) is 2.56. The standard InChI is InChI=1S/C17H21N3O2/c21-13-12-19-8-10-20(11-9-19)17(22)18-16-7-3-5-14-4-1-2-6-15(14)16/h1-7,21H,8-13H2,(H,18,22). The molecule has 2 amide bonds. The summed E-state index contributed by atoms with van der Waals surface area (Å²) < 4.78 is 0. The van der Waals surface area contributed by atoms with E-state index >= 15 is 0 Å². The van der Waals surface area contributed by atoms with Crippen LogP contribution in [0.4, 0.5) is 10.5 Å². The molecule has 5 nitrogen and oxygen atoms in total. The second-order valence-corrected chi connectivity index (χ2v) is 5.51. The summed E-state index contributed by atoms with van der Waals surface area (Å²) in [7, 11) is 0. The van der Waals surface area contributed by atoms with Gasteiger partial charge in [0.25, 0.3) is 0 Å². The topological polar surface area (TPSA) is 55.8 Å². The summed E-state index contributed by atoms with van der Waals surface area (Å²) >= 11 is 0. The second-order valence-electron chi connectivity index (χ2n) is 5.51. The third-order valence-electron chi connectivity index (χ3n) is 4.11. The summed E-state index contributed by atoms with van der Waals surface area (Å²) in [6, 6.07) is 13.9. The number of benzene rings is 2. The van der Waals surface area contributed by atoms with Crippen molar-refractivity contribution in [1.29, 1.82) is 0 Å². The summed E-state index contributed by atoms with van der Waals surface area (Å²) in [5.74, 6) is 0. The van der Waals surface area contributed by atoms with Crippen LogP contribution >= 0.6 is 0 Å². The number of carbonyl (C=O) groups excluding carboxylic acids is 1. The van der Waals surface area contributed by atoms with Gasteiger partial charge < -0.3 is 15.3 Å². The fourth-order valence-corrected chi connectivity index (χ4v) is 2.84. The first-order valence-corrected chi connectivity index (χ1v) is 7.65. The van der Waals surface area contributed by atoms with Crippen LogP contribution in [0.5, 0.6) is 0 Å². The zero-order valence-electron chi connectivity index (χ0n) is 12.5. The second kappa shape index (κ2) is 6.77. The maximum absolute atomic E-state index is 12.4. The van der Waals surface area contributed by atoms with Crippen LogP contribution in [0.2, 0.25) is 0 Å². The Hall–Kier alpha value is -2.11. The van der Waals surface area contributed by atoms with Crippen molar-refractivity contribution in [2.24, 2.45) is 0 Å². The molecule has 0 radical (unpaired) electrons. The van der Waals surface area contributed by atoms with Crippen molar-refractivity contribution in [2.45, 2.75) is 0 Å². The number of aliphatic hydroxyl groups is 1. The van der Waals surface area contributed by atoms with Crippen molar-refractivity contribution in [3.63, 3.8) is 0 Å². The maximum atomic E-state index is 12.4. The Bertz CT molecular complexity index is 646. The van der Waals surface area contributed by atoms with Crippen molar-refractivity contribution in [3.05, 3.63) is 42.5 Å². The minimum Gasteiger partial charge on any atom is -0.395 e. The lowest BCUT2D eigenvalue weighted by Gasteiger charge is -2.34. The number of carbonyl (C=O) groups is 1. The van der Waals surface area contributed by atoms with E-state index < -0.39 is 0 Å². The highest BCUT2D eigenvalue weighted by atomic mass is 16.3. The predicted molar refractivity (Wildman–Crippen MR) is 88.1 cm³/mol. The molecule has 1 fully saturated rings. The lowest BCUT2D eigenvalue weighted by Crippen LogP contribution is -2.50. The Kier molecular flexibility index (Phi) is 4.56. The molecule has 3 rings (SSSR count). The van der Waals surface area contributed by atoms with E-state index in [0.29, 0.717) is 19.6 Å². The van der Waals surface area contributed by atoms with Crippen molar-refractivity contribution in [3.8, 4) is 0 Å². The molecule has 116 valence electrons. The number of aliphatic hydroxyl groups excluding tert-OH is 1. The number of amides is 2. The average molecular weight is 299 g/mol. The van der Waals surface area contributed by atoms with Crippen LogP contribution in [0, 0.1) is 0 Å². The van der Waals surface area contributed by atoms with Crippen molar-refractivity contribution < 1.29 is 9.90 Å². The smallest absolute Gasteiger partial charge is 0.321 e. The van der Waals surface area contributed by atoms with Crippen LogP contribution in [-0.2, 0) is 0 Å². The van der Waals surface area contributed by atoms with Gasteiger partial charge in [0.15, 0.2) is 0 Å². The number of anilines is 1. The van der Waals surface area contributed by atoms with Crippen LogP contribution in [0.3, 0.4) is 0 Å². The lowest BCUT2D eigenvalue weighted by molar-refractivity contribution is 0.127. The first kappa shape index (κ1) is 14.8. The number of nitrogens with one attached hydrogen (secondary N) is 1. The van der Waals surface area contributed by atoms with Gasteiger partial charge in [-0.25, -0.2) is 4.79 Å². The van der Waals surface area contributed by atoms with E-state index in [2.05, 4.69) is 10.2 Å². The van der Waals surface area contributed by atoms with Crippen LogP contribution < -0.4 is 5.32 Å². The van der Waals surface area contributed by atoms with E-state index in [1.165, 1.54) is 0 Å². The van der Waals surface area contributed by atoms with E-state index in [4.69, 9.17) is 5.11 Å². The van der Waals surface area contributed by atoms with E-state index in [1.807, 2.05) is 47.4 Å². The van der Waals surface area contributed by atoms with Crippen LogP contribution in [0.15, 0.2) is 42.5 Å². The lowest BCUT2D eigenvalue weighted by atomic mass is 10.1. The summed E-state index contributed by atoms with van der Waals surface area (Å²) in [4.78, 5) is 16.4. The number of piperazine rings is 1. The van der Waals surface area contributed by atoms with Crippen molar-refractivity contribution >= 4 is 22.5 Å². The molecule has 0 aliphatic carbocycles. The number of β-amino-alcohol motifs (C(OH)–C–C–N with tert-alkyl or cyclic N) is 1. The van der Waals surface area contributed by atoms with Crippen LogP contribution in [0.1, 0.15) is 0 Å². The third-order valence-corrected chi connectivity index (χ3v) is 4.11. The molecule has 0 aromatic heterocycles. The van der Waals surface area contributed by atoms with Gasteiger partial charge >= 0.3 is 6.03 Å². The summed E-state index contributed by atoms with van der Waals surface area (Å²) in [5.41, 5.74) is 0.848. The molecule has 1 saturated heterocycles. The summed E-state index contributed by atoms with van der Waals surface area (Å²) in [6.07, 6.45) is 0. The number of hydrogen-bond acceptors (Lipinski definition) is 3. The molecular weight excluding hydrogens is 278 g/mol. The third kappa shape index (κ3) is 3.21. The fraction of sp³-hybridized carbons (Fsp3) is 0.353. The van der Waals surface area contributed by atoms with Crippen LogP contribution in [-0.4, -0.2) is 60.3 Å². The minimum atomic E-state index is -0.0556. The van der Waals surface area contributed by atoms with Crippen LogP contribution in [0.25, 0.3) is 10.8 Å². The van der Waals surface area contributed by atoms with Gasteiger partial charge in [-0.2, -0.15) is 0 Å². The molecule has 0 unspecified atom stereocenters. The highest BCUT2D eigenvalue weighted by molar-refractivity contribution is 6.01. The van der Waals surface area contributed by atoms with Gasteiger partial charge in [0.2, 0.25) is 0 Å². The first-order valence-electron chi connectivity index (χ1n) is 7.65. The Morgan fingerprint density at radius 1 is 1.05 bits per heavy atom. The molecule has 0 bridgehead atoms. The molecule has 1 aliphatic rings. The fourth-order valence-electron chi connectivity index (χ4n) is 2.84. The predicted octanol–water partition coefficient (Wildman–Crippen LogP) is 1.98. The molecule has 2 aromatic rings. The zero-order chi connectivity index (χ0) is 15.4. The molecule has 0 atom stereocenters. The normalized spacial score (nSPS) is 16.0. The van der Waals surface area contributed by atoms with E-state index in [-0.39, 0.29) is 12.6 Å². The SMILES string of the molecule is O=C(Nc1cccc2ccccc12)N1CCN(CCO)CC1. The number of fused-ring (bicyclic) bond motifs is 1. The van der Waals surface area contributed by atoms with Crippen molar-refractivity contribution in [1.82, 2.24) is 9.80 Å². The highest BCUT2D eigenvalue weighted by Gasteiger charge is 2.20. The van der Waals surface area contributed by atoms with Gasteiger partial charge in [-0.05, 0) is 11.5 Å². The first-order chi connectivity index (χ1) is 10.8. The van der Waals surface area contributed by atoms with E-state index in [9.17, 15) is 4.79 Å². The molecule has 1 aliphatic heterocycles. The molecule has 5 heteroatoms. The Morgan fingerprint density at radius 2 is 1.77 bits per heavy atom. The molecule has 2 aromatic carbocycles. The zero-order valence-corrected chi connectivity index (χ0v) is 12.5. The van der Waals surface area contributed by atoms with Gasteiger partial charge in [-0.3, -0.25) is 4.90 Å². The monoisotopic (exact) mass is 299 g/mol. The Balaban J connectivity index is 1.67. The van der Waals surface area contributed by atoms with E-state index in [1.54, 1.807) is 0 Å². The van der Waals surface area contributed by atoms with Gasteiger partial charge in [0.1, 0.15) is 0 Å². The quantitative estimate of drug-likeness (QED) is 0.911. The highest BCUT2D eigenvalue weighted by Crippen LogP contribution is 2.23. The van der Waals surface area contributed by atoms with Gasteiger partial charge in [-0.1, -0.05) is 36.4 Å². The Labute approximate surface area is 130 Å². The molecule has 0 spiro atoms. The van der Waals surface area contributed by atoms with Gasteiger partial charge in [-0.15, -0.1) is 0 Å². The molecule has 2 N–H and O–H groups in total. The van der Waals surface area contributed by atoms with E-state index in [0.717, 1.165) is 29.5 Å². The molecule has 22 heavy (non-hydrogen) atoms. The number of rotatable bonds is 3. The van der Waals surface area contributed by atoms with Gasteiger partial charge in [0, 0.05) is 38.1 Å². The largest absolute Gasteiger partial charge is 0.395 e. The maximum Gasteiger partial charge on any atom is 0.321 e. The Morgan fingerprint density at radius 3 is 2.55 bits per heavy atom. The minimum absolute atomic E-state index is 0.0556. The number of urea groups is 1. The van der Waals surface area contributed by atoms with Crippen molar-refractivity contribution in [2.75, 3.05) is 44.6 Å². The summed E-state index contributed by atoms with van der Waals surface area (Å²) in [5, 5.41) is 14.1. The molecule has 1 heterocycles. The number of hydrogen-bond donors (Lipinski definition) is 2.